The fraction of sp³-hybridized carbons (Fsp3) is 0.368. The number of fused-ring (bicyclic) bond motifs is 1. The standard InChI is InChI=1S/C19H23N3O3/c1-13-7-8-16(25-13)11-21(2)18(23)12-22-10-15-6-4-3-5-14(15)9-17(22)19(20)24/h3-8,17H,9-12H2,1-2H3,(H2,20,24)/t17-/m0/s1. The van der Waals surface area contributed by atoms with Gasteiger partial charge in [-0.3, -0.25) is 14.5 Å². The Morgan fingerprint density at radius 1 is 1.24 bits per heavy atom. The highest BCUT2D eigenvalue weighted by Crippen LogP contribution is 2.23. The van der Waals surface area contributed by atoms with Crippen molar-refractivity contribution >= 4 is 11.8 Å². The zero-order chi connectivity index (χ0) is 18.0. The number of amides is 2. The van der Waals surface area contributed by atoms with Crippen LogP contribution >= 0.6 is 0 Å². The maximum absolute atomic E-state index is 12.6. The molecule has 2 amide bonds. The molecule has 1 aliphatic rings. The molecule has 6 nitrogen and oxygen atoms in total. The zero-order valence-electron chi connectivity index (χ0n) is 14.6. The van der Waals surface area contributed by atoms with E-state index in [1.165, 1.54) is 0 Å². The number of nitrogens with zero attached hydrogens (tertiary/aromatic N) is 2. The molecule has 0 unspecified atom stereocenters. The van der Waals surface area contributed by atoms with Gasteiger partial charge in [-0.15, -0.1) is 0 Å². The van der Waals surface area contributed by atoms with Gasteiger partial charge in [0.15, 0.2) is 0 Å². The van der Waals surface area contributed by atoms with Gasteiger partial charge in [-0.1, -0.05) is 24.3 Å². The van der Waals surface area contributed by atoms with Gasteiger partial charge < -0.3 is 15.1 Å². The Balaban J connectivity index is 1.69. The summed E-state index contributed by atoms with van der Waals surface area (Å²) < 4.78 is 5.52. The molecule has 0 saturated carbocycles. The van der Waals surface area contributed by atoms with Crippen molar-refractivity contribution in [3.05, 3.63) is 59.0 Å². The first-order chi connectivity index (χ1) is 11.9. The van der Waals surface area contributed by atoms with E-state index in [1.54, 1.807) is 11.9 Å². The molecule has 3 rings (SSSR count). The minimum absolute atomic E-state index is 0.0697. The molecule has 0 saturated heterocycles. The number of carbonyl (C=O) groups excluding carboxylic acids is 2. The van der Waals surface area contributed by atoms with Gasteiger partial charge in [0.1, 0.15) is 11.5 Å². The lowest BCUT2D eigenvalue weighted by atomic mass is 9.93. The smallest absolute Gasteiger partial charge is 0.236 e. The third-order valence-corrected chi connectivity index (χ3v) is 4.63. The molecule has 0 fully saturated rings. The number of nitrogens with two attached hydrogens (primary N) is 1. The number of primary amides is 1. The lowest BCUT2D eigenvalue weighted by Crippen LogP contribution is -2.51. The Hall–Kier alpha value is -2.60. The second-order valence-corrected chi connectivity index (χ2v) is 6.56. The van der Waals surface area contributed by atoms with Crippen LogP contribution in [0, 0.1) is 6.92 Å². The van der Waals surface area contributed by atoms with E-state index in [0.29, 0.717) is 19.5 Å². The predicted octanol–water partition coefficient (Wildman–Crippen LogP) is 1.46. The van der Waals surface area contributed by atoms with Crippen molar-refractivity contribution < 1.29 is 14.0 Å². The maximum atomic E-state index is 12.6. The second kappa shape index (κ2) is 7.11. The molecule has 2 N–H and O–H groups in total. The van der Waals surface area contributed by atoms with Crippen LogP contribution in [-0.2, 0) is 29.1 Å². The van der Waals surface area contributed by atoms with E-state index in [-0.39, 0.29) is 12.5 Å². The first-order valence-electron chi connectivity index (χ1n) is 8.33. The highest BCUT2D eigenvalue weighted by atomic mass is 16.3. The minimum atomic E-state index is -0.460. The fourth-order valence-corrected chi connectivity index (χ4v) is 3.21. The molecule has 2 heterocycles. The monoisotopic (exact) mass is 341 g/mol. The first-order valence-corrected chi connectivity index (χ1v) is 8.33. The Bertz CT molecular complexity index is 784. The molecule has 25 heavy (non-hydrogen) atoms. The number of furan rings is 1. The van der Waals surface area contributed by atoms with Crippen LogP contribution < -0.4 is 5.73 Å². The average molecular weight is 341 g/mol. The van der Waals surface area contributed by atoms with Crippen LogP contribution in [0.2, 0.25) is 0 Å². The maximum Gasteiger partial charge on any atom is 0.236 e. The molecule has 1 aliphatic heterocycles. The summed E-state index contributed by atoms with van der Waals surface area (Å²) in [7, 11) is 1.73. The van der Waals surface area contributed by atoms with Crippen molar-refractivity contribution in [3.63, 3.8) is 0 Å². The zero-order valence-corrected chi connectivity index (χ0v) is 14.6. The van der Waals surface area contributed by atoms with Crippen molar-refractivity contribution in [1.29, 1.82) is 0 Å². The minimum Gasteiger partial charge on any atom is -0.464 e. The van der Waals surface area contributed by atoms with Crippen molar-refractivity contribution in [2.24, 2.45) is 5.73 Å². The van der Waals surface area contributed by atoms with Crippen molar-refractivity contribution in [2.75, 3.05) is 13.6 Å². The Morgan fingerprint density at radius 3 is 2.60 bits per heavy atom. The highest BCUT2D eigenvalue weighted by molar-refractivity contribution is 5.83. The van der Waals surface area contributed by atoms with Gasteiger partial charge >= 0.3 is 0 Å². The number of aryl methyl sites for hydroxylation is 1. The van der Waals surface area contributed by atoms with Gasteiger partial charge in [0.25, 0.3) is 0 Å². The molecule has 1 aromatic carbocycles. The summed E-state index contributed by atoms with van der Waals surface area (Å²) >= 11 is 0. The predicted molar refractivity (Wildman–Crippen MR) is 93.5 cm³/mol. The van der Waals surface area contributed by atoms with Gasteiger partial charge in [-0.25, -0.2) is 0 Å². The van der Waals surface area contributed by atoms with Crippen LogP contribution in [0.4, 0.5) is 0 Å². The molecule has 2 aromatic rings. The lowest BCUT2D eigenvalue weighted by molar-refractivity contribution is -0.134. The molecular formula is C19H23N3O3. The lowest BCUT2D eigenvalue weighted by Gasteiger charge is -2.35. The summed E-state index contributed by atoms with van der Waals surface area (Å²) in [5, 5.41) is 0. The first kappa shape index (κ1) is 17.2. The summed E-state index contributed by atoms with van der Waals surface area (Å²) in [6.07, 6.45) is 0.542. The van der Waals surface area contributed by atoms with E-state index >= 15 is 0 Å². The van der Waals surface area contributed by atoms with Crippen LogP contribution in [0.25, 0.3) is 0 Å². The van der Waals surface area contributed by atoms with Crippen molar-refractivity contribution in [3.8, 4) is 0 Å². The molecule has 6 heteroatoms. The van der Waals surface area contributed by atoms with E-state index in [0.717, 1.165) is 22.6 Å². The van der Waals surface area contributed by atoms with E-state index in [4.69, 9.17) is 10.2 Å². The topological polar surface area (TPSA) is 79.8 Å². The van der Waals surface area contributed by atoms with Crippen LogP contribution in [-0.4, -0.2) is 41.2 Å². The number of hydrogen-bond acceptors (Lipinski definition) is 4. The molecular weight excluding hydrogens is 318 g/mol. The van der Waals surface area contributed by atoms with Gasteiger partial charge in [0, 0.05) is 13.6 Å². The second-order valence-electron chi connectivity index (χ2n) is 6.56. The SMILES string of the molecule is Cc1ccc(CN(C)C(=O)CN2Cc3ccccc3C[C@H]2C(N)=O)o1. The molecule has 0 bridgehead atoms. The summed E-state index contributed by atoms with van der Waals surface area (Å²) in [5.41, 5.74) is 7.83. The van der Waals surface area contributed by atoms with E-state index in [1.807, 2.05) is 48.2 Å². The third-order valence-electron chi connectivity index (χ3n) is 4.63. The number of likely N-dealkylation sites (N-methyl/N-ethyl adjacent to an activating group) is 1. The van der Waals surface area contributed by atoms with Gasteiger partial charge in [0.05, 0.1) is 19.1 Å². The van der Waals surface area contributed by atoms with Crippen molar-refractivity contribution in [2.45, 2.75) is 32.5 Å². The molecule has 1 aromatic heterocycles. The van der Waals surface area contributed by atoms with Gasteiger partial charge in [-0.05, 0) is 36.6 Å². The normalized spacial score (nSPS) is 17.1. The van der Waals surface area contributed by atoms with Gasteiger partial charge in [0.2, 0.25) is 11.8 Å². The number of hydrogen-bond donors (Lipinski definition) is 1. The molecule has 0 aliphatic carbocycles. The summed E-state index contributed by atoms with van der Waals surface area (Å²) in [4.78, 5) is 27.9. The third kappa shape index (κ3) is 3.91. The molecule has 0 spiro atoms. The van der Waals surface area contributed by atoms with Crippen LogP contribution in [0.5, 0.6) is 0 Å². The van der Waals surface area contributed by atoms with E-state index in [2.05, 4.69) is 0 Å². The van der Waals surface area contributed by atoms with Crippen LogP contribution in [0.1, 0.15) is 22.6 Å². The Labute approximate surface area is 147 Å². The van der Waals surface area contributed by atoms with E-state index < -0.39 is 11.9 Å². The fourth-order valence-electron chi connectivity index (χ4n) is 3.21. The highest BCUT2D eigenvalue weighted by Gasteiger charge is 2.31. The number of benzene rings is 1. The van der Waals surface area contributed by atoms with Crippen LogP contribution in [0.3, 0.4) is 0 Å². The summed E-state index contributed by atoms with van der Waals surface area (Å²) in [5.74, 6) is 1.09. The molecule has 0 radical (unpaired) electrons. The number of rotatable bonds is 5. The van der Waals surface area contributed by atoms with Crippen molar-refractivity contribution in [1.82, 2.24) is 9.80 Å². The Morgan fingerprint density at radius 2 is 1.96 bits per heavy atom. The number of carbonyl (C=O) groups is 2. The summed E-state index contributed by atoms with van der Waals surface area (Å²) in [6.45, 7) is 2.97. The van der Waals surface area contributed by atoms with Crippen LogP contribution in [0.15, 0.2) is 40.8 Å². The quantitative estimate of drug-likeness (QED) is 0.893. The van der Waals surface area contributed by atoms with Gasteiger partial charge in [-0.2, -0.15) is 0 Å². The van der Waals surface area contributed by atoms with E-state index in [9.17, 15) is 9.59 Å². The average Bonchev–Trinajstić information content (AvgIpc) is 2.98. The molecule has 1 atom stereocenters. The largest absolute Gasteiger partial charge is 0.464 e. The molecule has 132 valence electrons. The summed E-state index contributed by atoms with van der Waals surface area (Å²) in [6, 6.07) is 11.2. The Kier molecular flexibility index (Phi) is 4.90.